The van der Waals surface area contributed by atoms with Gasteiger partial charge in [-0.1, -0.05) is 0 Å². The van der Waals surface area contributed by atoms with Crippen molar-refractivity contribution in [2.75, 3.05) is 33.3 Å². The van der Waals surface area contributed by atoms with Crippen LogP contribution in [0.1, 0.15) is 6.92 Å². The molecule has 0 aliphatic carbocycles. The third-order valence-corrected chi connectivity index (χ3v) is 2.60. The minimum atomic E-state index is -2.57. The van der Waals surface area contributed by atoms with Crippen molar-refractivity contribution in [3.8, 4) is 0 Å². The van der Waals surface area contributed by atoms with Crippen LogP contribution < -0.4 is 0 Å². The Kier molecular flexibility index (Phi) is 4.44. The number of hydrogen-bond donors (Lipinski definition) is 1. The highest BCUT2D eigenvalue weighted by Gasteiger charge is 2.43. The molecule has 18 heavy (non-hydrogen) atoms. The van der Waals surface area contributed by atoms with Crippen LogP contribution in [0.3, 0.4) is 0 Å². The number of nitrogens with zero attached hydrogens (tertiary/aromatic N) is 2. The van der Waals surface area contributed by atoms with Crippen LogP contribution in [0.2, 0.25) is 0 Å². The van der Waals surface area contributed by atoms with Gasteiger partial charge < -0.3 is 19.6 Å². The summed E-state index contributed by atoms with van der Waals surface area (Å²) < 4.78 is 29.3. The van der Waals surface area contributed by atoms with Crippen LogP contribution >= 0.6 is 0 Å². The molecule has 0 saturated carbocycles. The molecule has 0 bridgehead atoms. The number of likely N-dealkylation sites (tertiary alicyclic amines) is 1. The summed E-state index contributed by atoms with van der Waals surface area (Å²) in [5.41, 5.74) is -0.709. The van der Waals surface area contributed by atoms with Gasteiger partial charge in [-0.3, -0.25) is 0 Å². The summed E-state index contributed by atoms with van der Waals surface area (Å²) in [7, 11) is 1.29. The second-order valence-electron chi connectivity index (χ2n) is 4.54. The number of carbonyl (C=O) groups is 2. The molecule has 1 saturated heterocycles. The zero-order chi connectivity index (χ0) is 13.9. The molecule has 104 valence electrons. The van der Waals surface area contributed by atoms with Crippen LogP contribution in [0.5, 0.6) is 0 Å². The quantitative estimate of drug-likeness (QED) is 0.785. The average molecular weight is 266 g/mol. The van der Waals surface area contributed by atoms with E-state index < -0.39 is 37.2 Å². The Balaban J connectivity index is 2.36. The molecule has 6 nitrogen and oxygen atoms in total. The molecule has 0 aromatic rings. The van der Waals surface area contributed by atoms with E-state index in [4.69, 9.17) is 9.84 Å². The van der Waals surface area contributed by atoms with Crippen molar-refractivity contribution in [2.24, 2.45) is 0 Å². The van der Waals surface area contributed by atoms with E-state index >= 15 is 0 Å². The number of amides is 2. The van der Waals surface area contributed by atoms with Gasteiger partial charge in [-0.2, -0.15) is 0 Å². The second kappa shape index (κ2) is 5.47. The van der Waals surface area contributed by atoms with Crippen LogP contribution in [0.4, 0.5) is 13.6 Å². The van der Waals surface area contributed by atoms with Crippen molar-refractivity contribution in [2.45, 2.75) is 19.0 Å². The van der Waals surface area contributed by atoms with Crippen molar-refractivity contribution >= 4 is 12.0 Å². The first-order valence-corrected chi connectivity index (χ1v) is 5.37. The summed E-state index contributed by atoms with van der Waals surface area (Å²) >= 11 is 0. The van der Waals surface area contributed by atoms with Crippen molar-refractivity contribution in [1.29, 1.82) is 0 Å². The van der Waals surface area contributed by atoms with Crippen molar-refractivity contribution in [3.63, 3.8) is 0 Å². The summed E-state index contributed by atoms with van der Waals surface area (Å²) in [5, 5.41) is 8.46. The van der Waals surface area contributed by atoms with Gasteiger partial charge in [0.25, 0.3) is 6.43 Å². The summed E-state index contributed by atoms with van der Waals surface area (Å²) in [6.07, 6.45) is -2.57. The lowest BCUT2D eigenvalue weighted by atomic mass is 9.97. The van der Waals surface area contributed by atoms with Crippen LogP contribution in [0.15, 0.2) is 0 Å². The summed E-state index contributed by atoms with van der Waals surface area (Å²) in [6.45, 7) is 1.01. The van der Waals surface area contributed by atoms with E-state index in [9.17, 15) is 18.4 Å². The zero-order valence-electron chi connectivity index (χ0n) is 10.2. The predicted octanol–water partition coefficient (Wildman–Crippen LogP) is 0.479. The molecule has 2 amide bonds. The predicted molar refractivity (Wildman–Crippen MR) is 57.6 cm³/mol. The van der Waals surface area contributed by atoms with Gasteiger partial charge in [0.1, 0.15) is 12.2 Å². The number of halogens is 2. The first-order chi connectivity index (χ1) is 8.23. The number of alkyl halides is 2. The Morgan fingerprint density at radius 2 is 2.06 bits per heavy atom. The van der Waals surface area contributed by atoms with Crippen molar-refractivity contribution in [3.05, 3.63) is 0 Å². The fraction of sp³-hybridized carbons (Fsp3) is 0.800. The van der Waals surface area contributed by atoms with Gasteiger partial charge in [-0.25, -0.2) is 18.4 Å². The molecular formula is C10H16F2N2O4. The molecule has 1 fully saturated rings. The highest BCUT2D eigenvalue weighted by molar-refractivity contribution is 5.75. The number of aliphatic carboxylic acids is 1. The standard InChI is InChI=1S/C10H16F2N2O4/c1-10(18-4-8(15)16)5-14(6-10)9(17)13(2)3-7(11)12/h7H,3-6H2,1-2H3,(H,15,16). The van der Waals surface area contributed by atoms with Crippen molar-refractivity contribution < 1.29 is 28.2 Å². The van der Waals surface area contributed by atoms with E-state index in [1.54, 1.807) is 6.92 Å². The molecule has 0 unspecified atom stereocenters. The molecule has 0 spiro atoms. The Bertz CT molecular complexity index is 332. The van der Waals surface area contributed by atoms with Crippen LogP contribution in [-0.4, -0.2) is 72.2 Å². The first-order valence-electron chi connectivity index (χ1n) is 5.37. The van der Waals surface area contributed by atoms with E-state index in [-0.39, 0.29) is 13.1 Å². The van der Waals surface area contributed by atoms with Gasteiger partial charge in [-0.15, -0.1) is 0 Å². The Labute approximate surface area is 103 Å². The minimum Gasteiger partial charge on any atom is -0.480 e. The highest BCUT2D eigenvalue weighted by Crippen LogP contribution is 2.25. The molecule has 1 rings (SSSR count). The fourth-order valence-electron chi connectivity index (χ4n) is 1.75. The summed E-state index contributed by atoms with van der Waals surface area (Å²) in [6, 6.07) is -0.508. The van der Waals surface area contributed by atoms with Crippen LogP contribution in [-0.2, 0) is 9.53 Å². The molecule has 0 aromatic heterocycles. The first kappa shape index (κ1) is 14.6. The van der Waals surface area contributed by atoms with Gasteiger partial charge in [0.15, 0.2) is 0 Å². The summed E-state index contributed by atoms with van der Waals surface area (Å²) in [4.78, 5) is 24.2. The maximum absolute atomic E-state index is 12.1. The molecule has 1 heterocycles. The van der Waals surface area contributed by atoms with Gasteiger partial charge in [-0.05, 0) is 6.92 Å². The van der Waals surface area contributed by atoms with Crippen LogP contribution in [0.25, 0.3) is 0 Å². The fourth-order valence-corrected chi connectivity index (χ4v) is 1.75. The molecule has 1 aliphatic rings. The number of carbonyl (C=O) groups excluding carboxylic acids is 1. The topological polar surface area (TPSA) is 70.1 Å². The van der Waals surface area contributed by atoms with E-state index in [0.29, 0.717) is 0 Å². The lowest BCUT2D eigenvalue weighted by Gasteiger charge is -2.48. The van der Waals surface area contributed by atoms with Gasteiger partial charge in [0.2, 0.25) is 0 Å². The number of ether oxygens (including phenoxy) is 1. The SMILES string of the molecule is CN(CC(F)F)C(=O)N1CC(C)(OCC(=O)O)C1. The lowest BCUT2D eigenvalue weighted by Crippen LogP contribution is -2.65. The Morgan fingerprint density at radius 3 is 2.50 bits per heavy atom. The number of carboxylic acids is 1. The smallest absolute Gasteiger partial charge is 0.329 e. The van der Waals surface area contributed by atoms with Gasteiger partial charge >= 0.3 is 12.0 Å². The molecule has 1 N–H and O–H groups in total. The van der Waals surface area contributed by atoms with E-state index in [2.05, 4.69) is 0 Å². The number of urea groups is 1. The van der Waals surface area contributed by atoms with Crippen molar-refractivity contribution in [1.82, 2.24) is 9.80 Å². The van der Waals surface area contributed by atoms with E-state index in [0.717, 1.165) is 4.90 Å². The maximum Gasteiger partial charge on any atom is 0.329 e. The molecule has 0 aromatic carbocycles. The molecule has 0 radical (unpaired) electrons. The minimum absolute atomic E-state index is 0.201. The van der Waals surface area contributed by atoms with E-state index in [1.165, 1.54) is 11.9 Å². The largest absolute Gasteiger partial charge is 0.480 e. The maximum atomic E-state index is 12.1. The molecule has 8 heteroatoms. The number of rotatable bonds is 5. The lowest BCUT2D eigenvalue weighted by molar-refractivity contribution is -0.160. The zero-order valence-corrected chi connectivity index (χ0v) is 10.2. The van der Waals surface area contributed by atoms with Gasteiger partial charge in [0.05, 0.1) is 19.6 Å². The molecule has 0 atom stereocenters. The average Bonchev–Trinajstić information content (AvgIpc) is 2.20. The Morgan fingerprint density at radius 1 is 1.50 bits per heavy atom. The highest BCUT2D eigenvalue weighted by atomic mass is 19.3. The Hall–Kier alpha value is -1.44. The third-order valence-electron chi connectivity index (χ3n) is 2.60. The monoisotopic (exact) mass is 266 g/mol. The second-order valence-corrected chi connectivity index (χ2v) is 4.54. The van der Waals surface area contributed by atoms with Crippen LogP contribution in [0, 0.1) is 0 Å². The third kappa shape index (κ3) is 3.80. The molecular weight excluding hydrogens is 250 g/mol. The normalized spacial score (nSPS) is 17.5. The van der Waals surface area contributed by atoms with Gasteiger partial charge in [0, 0.05) is 7.05 Å². The number of hydrogen-bond acceptors (Lipinski definition) is 3. The molecule has 1 aliphatic heterocycles. The van der Waals surface area contributed by atoms with E-state index in [1.807, 2.05) is 0 Å². The number of carboxylic acid groups (broad SMARTS) is 1. The summed E-state index contributed by atoms with van der Waals surface area (Å²) in [5.74, 6) is -1.09.